The number of pyridine rings is 1. The molecule has 0 fully saturated rings. The van der Waals surface area contributed by atoms with Crippen molar-refractivity contribution in [3.63, 3.8) is 0 Å². The van der Waals surface area contributed by atoms with Gasteiger partial charge in [-0.25, -0.2) is 4.98 Å². The maximum absolute atomic E-state index is 9.94. The Morgan fingerprint density at radius 2 is 2.24 bits per heavy atom. The van der Waals surface area contributed by atoms with Crippen molar-refractivity contribution in [3.8, 4) is 5.75 Å². The number of hydrogen-bond donors (Lipinski definition) is 4. The minimum atomic E-state index is -0.317. The third-order valence-corrected chi connectivity index (χ3v) is 4.39. The van der Waals surface area contributed by atoms with Gasteiger partial charge in [0, 0.05) is 29.3 Å². The summed E-state index contributed by atoms with van der Waals surface area (Å²) in [6.07, 6.45) is 1.39. The van der Waals surface area contributed by atoms with E-state index in [1.165, 1.54) is 6.20 Å². The highest BCUT2D eigenvalue weighted by Crippen LogP contribution is 2.33. The Kier molecular flexibility index (Phi) is 4.77. The molecule has 2 aromatic rings. The minimum Gasteiger partial charge on any atom is -0.506 e. The third-order valence-electron chi connectivity index (χ3n) is 2.93. The number of nitrogens with one attached hydrogen (secondary N) is 2. The van der Waals surface area contributed by atoms with Crippen LogP contribution in [0.5, 0.6) is 5.75 Å². The molecule has 5 N–H and O–H groups in total. The van der Waals surface area contributed by atoms with Crippen molar-refractivity contribution in [2.75, 3.05) is 18.9 Å². The van der Waals surface area contributed by atoms with E-state index in [1.807, 2.05) is 25.1 Å². The monoisotopic (exact) mass is 305 g/mol. The number of nitrogens with zero attached hydrogens (tertiary/aromatic N) is 2. The number of hydrogen-bond acceptors (Lipinski definition) is 4. The van der Waals surface area contributed by atoms with E-state index in [2.05, 4.69) is 25.9 Å². The van der Waals surface area contributed by atoms with Crippen LogP contribution >= 0.6 is 10.7 Å². The second-order valence-corrected chi connectivity index (χ2v) is 5.86. The molecule has 0 spiro atoms. The van der Waals surface area contributed by atoms with Crippen LogP contribution in [-0.2, 0) is 0 Å². The highest BCUT2D eigenvalue weighted by atomic mass is 32.2. The predicted molar refractivity (Wildman–Crippen MR) is 91.2 cm³/mol. The van der Waals surface area contributed by atoms with E-state index in [0.717, 1.165) is 16.8 Å². The number of fused-ring (bicyclic) bond motifs is 1. The lowest BCUT2D eigenvalue weighted by Crippen LogP contribution is -2.22. The van der Waals surface area contributed by atoms with Crippen LogP contribution < -0.4 is 15.8 Å². The Labute approximate surface area is 126 Å². The number of benzene rings is 1. The molecule has 6 nitrogen and oxygen atoms in total. The molecule has 1 unspecified atom stereocenters. The summed E-state index contributed by atoms with van der Waals surface area (Å²) in [6, 6.07) is 5.75. The summed E-state index contributed by atoms with van der Waals surface area (Å²) >= 11 is 0. The maximum Gasteiger partial charge on any atom is 0.194 e. The van der Waals surface area contributed by atoms with Gasteiger partial charge in [0.15, 0.2) is 5.96 Å². The van der Waals surface area contributed by atoms with Crippen LogP contribution in [0.1, 0.15) is 6.92 Å². The van der Waals surface area contributed by atoms with Crippen LogP contribution in [0.25, 0.3) is 10.8 Å². The molecule has 0 aliphatic rings. The van der Waals surface area contributed by atoms with Gasteiger partial charge in [-0.05, 0) is 18.2 Å². The highest BCUT2D eigenvalue weighted by molar-refractivity contribution is 8.12. The van der Waals surface area contributed by atoms with Gasteiger partial charge in [0.2, 0.25) is 0 Å². The summed E-state index contributed by atoms with van der Waals surface area (Å²) < 4.78 is 3.28. The van der Waals surface area contributed by atoms with Gasteiger partial charge in [-0.1, -0.05) is 23.5 Å². The molecule has 2 rings (SSSR count). The first kappa shape index (κ1) is 15.3. The SMILES string of the molecule is C=S(NCC)c1ccc2c(O)cnc(NC(N)=NC)c2c1. The van der Waals surface area contributed by atoms with Gasteiger partial charge in [0.25, 0.3) is 0 Å². The van der Waals surface area contributed by atoms with Crippen molar-refractivity contribution < 1.29 is 5.11 Å². The van der Waals surface area contributed by atoms with E-state index in [0.29, 0.717) is 11.2 Å². The Morgan fingerprint density at radius 1 is 1.48 bits per heavy atom. The van der Waals surface area contributed by atoms with Gasteiger partial charge in [0.1, 0.15) is 11.6 Å². The number of rotatable bonds is 4. The van der Waals surface area contributed by atoms with Crippen LogP contribution in [-0.4, -0.2) is 35.5 Å². The van der Waals surface area contributed by atoms with Crippen LogP contribution in [0, 0.1) is 0 Å². The largest absolute Gasteiger partial charge is 0.506 e. The molecular weight excluding hydrogens is 286 g/mol. The lowest BCUT2D eigenvalue weighted by Gasteiger charge is -2.12. The molecule has 1 heterocycles. The molecule has 7 heteroatoms. The lowest BCUT2D eigenvalue weighted by atomic mass is 10.1. The zero-order chi connectivity index (χ0) is 15.4. The predicted octanol–water partition coefficient (Wildman–Crippen LogP) is 1.88. The van der Waals surface area contributed by atoms with E-state index in [-0.39, 0.29) is 22.4 Å². The van der Waals surface area contributed by atoms with Crippen molar-refractivity contribution in [1.29, 1.82) is 0 Å². The summed E-state index contributed by atoms with van der Waals surface area (Å²) in [4.78, 5) is 9.07. The molecule has 1 atom stereocenters. The third kappa shape index (κ3) is 3.32. The van der Waals surface area contributed by atoms with Crippen LogP contribution in [0.2, 0.25) is 0 Å². The number of aliphatic imine (C=N–C) groups is 1. The molecular formula is C14H19N5OS. The summed E-state index contributed by atoms with van der Waals surface area (Å²) in [5.41, 5.74) is 5.69. The molecule has 0 bridgehead atoms. The van der Waals surface area contributed by atoms with Crippen LogP contribution in [0.15, 0.2) is 34.3 Å². The summed E-state index contributed by atoms with van der Waals surface area (Å²) in [5.74, 6) is 5.05. The fourth-order valence-corrected chi connectivity index (χ4v) is 2.90. The summed E-state index contributed by atoms with van der Waals surface area (Å²) in [7, 11) is 1.27. The van der Waals surface area contributed by atoms with Crippen molar-refractivity contribution >= 4 is 39.1 Å². The topological polar surface area (TPSA) is 95.6 Å². The first-order valence-corrected chi connectivity index (χ1v) is 7.84. The number of aromatic nitrogens is 1. The van der Waals surface area contributed by atoms with E-state index >= 15 is 0 Å². The molecule has 0 aliphatic carbocycles. The van der Waals surface area contributed by atoms with Crippen LogP contribution in [0.4, 0.5) is 5.82 Å². The molecule has 0 saturated carbocycles. The van der Waals surface area contributed by atoms with Gasteiger partial charge in [0.05, 0.1) is 6.20 Å². The van der Waals surface area contributed by atoms with E-state index < -0.39 is 0 Å². The Bertz CT molecular complexity index is 714. The fraction of sp³-hybridized carbons (Fsp3) is 0.214. The summed E-state index contributed by atoms with van der Waals surface area (Å²) in [6.45, 7) is 2.87. The molecule has 112 valence electrons. The number of guanidine groups is 1. The Hall–Kier alpha value is -2.12. The van der Waals surface area contributed by atoms with Crippen molar-refractivity contribution in [1.82, 2.24) is 9.71 Å². The first-order chi connectivity index (χ1) is 10.1. The zero-order valence-electron chi connectivity index (χ0n) is 12.1. The van der Waals surface area contributed by atoms with Gasteiger partial charge in [-0.2, -0.15) is 0 Å². The van der Waals surface area contributed by atoms with Gasteiger partial charge in [-0.3, -0.25) is 9.71 Å². The maximum atomic E-state index is 9.94. The van der Waals surface area contributed by atoms with Gasteiger partial charge in [-0.15, -0.1) is 0 Å². The van der Waals surface area contributed by atoms with Crippen LogP contribution in [0.3, 0.4) is 0 Å². The highest BCUT2D eigenvalue weighted by Gasteiger charge is 2.09. The zero-order valence-corrected chi connectivity index (χ0v) is 12.9. The number of anilines is 1. The van der Waals surface area contributed by atoms with Crippen molar-refractivity contribution in [3.05, 3.63) is 24.4 Å². The normalized spacial score (nSPS) is 13.3. The Morgan fingerprint density at radius 3 is 2.90 bits per heavy atom. The molecule has 21 heavy (non-hydrogen) atoms. The standard InChI is InChI=1S/C14H19N5OS/c1-4-18-21(3)9-5-6-10-11(7-9)13(17-8-12(10)20)19-14(15)16-2/h5-8,18,20H,3-4H2,1-2H3,(H3,15,16,17,19). The van der Waals surface area contributed by atoms with Gasteiger partial charge < -0.3 is 16.2 Å². The van der Waals surface area contributed by atoms with E-state index in [1.54, 1.807) is 7.05 Å². The number of nitrogens with two attached hydrogens (primary N) is 1. The van der Waals surface area contributed by atoms with E-state index in [4.69, 9.17) is 5.73 Å². The molecule has 1 aromatic heterocycles. The van der Waals surface area contributed by atoms with Crippen molar-refractivity contribution in [2.24, 2.45) is 10.7 Å². The average Bonchev–Trinajstić information content (AvgIpc) is 2.49. The second-order valence-electron chi connectivity index (χ2n) is 4.32. The van der Waals surface area contributed by atoms with E-state index in [9.17, 15) is 5.11 Å². The molecule has 0 saturated heterocycles. The molecule has 0 aliphatic heterocycles. The molecule has 0 radical (unpaired) electrons. The first-order valence-electron chi connectivity index (χ1n) is 6.45. The summed E-state index contributed by atoms with van der Waals surface area (Å²) in [5, 5.41) is 14.3. The fourth-order valence-electron chi connectivity index (χ4n) is 1.90. The minimum absolute atomic E-state index is 0.126. The second kappa shape index (κ2) is 6.55. The average molecular weight is 305 g/mol. The Balaban J connectivity index is 2.56. The molecule has 1 aromatic carbocycles. The number of aromatic hydroxyl groups is 1. The molecule has 0 amide bonds. The van der Waals surface area contributed by atoms with Crippen molar-refractivity contribution in [2.45, 2.75) is 11.8 Å². The van der Waals surface area contributed by atoms with Gasteiger partial charge >= 0.3 is 0 Å². The quantitative estimate of drug-likeness (QED) is 0.393. The smallest absolute Gasteiger partial charge is 0.194 e. The lowest BCUT2D eigenvalue weighted by molar-refractivity contribution is 0.479.